The summed E-state index contributed by atoms with van der Waals surface area (Å²) in [6, 6.07) is 12.2. The molecule has 0 unspecified atom stereocenters. The van der Waals surface area contributed by atoms with Gasteiger partial charge in [0, 0.05) is 36.1 Å². The maximum absolute atomic E-state index is 13.4. The van der Waals surface area contributed by atoms with Crippen LogP contribution in [0.15, 0.2) is 42.5 Å². The van der Waals surface area contributed by atoms with Gasteiger partial charge in [-0.1, -0.05) is 18.9 Å². The Kier molecular flexibility index (Phi) is 6.83. The summed E-state index contributed by atoms with van der Waals surface area (Å²) < 4.78 is 10.7. The van der Waals surface area contributed by atoms with Crippen LogP contribution >= 0.6 is 0 Å². The molecule has 2 N–H and O–H groups in total. The third-order valence-electron chi connectivity index (χ3n) is 6.52. The number of nitrogens with zero attached hydrogens (tertiary/aromatic N) is 1. The molecule has 7 nitrogen and oxygen atoms in total. The number of carbonyl (C=O) groups is 2. The molecule has 0 aromatic heterocycles. The fraction of sp³-hybridized carbons (Fsp3) is 0.440. The first kappa shape index (κ1) is 22.0. The van der Waals surface area contributed by atoms with Gasteiger partial charge in [-0.3, -0.25) is 4.79 Å². The van der Waals surface area contributed by atoms with Gasteiger partial charge in [-0.05, 0) is 55.9 Å². The van der Waals surface area contributed by atoms with Crippen molar-refractivity contribution < 1.29 is 19.1 Å². The molecule has 1 saturated carbocycles. The Morgan fingerprint density at radius 1 is 0.906 bits per heavy atom. The van der Waals surface area contributed by atoms with E-state index in [2.05, 4.69) is 10.6 Å². The van der Waals surface area contributed by atoms with Crippen LogP contribution in [0.25, 0.3) is 0 Å². The average molecular weight is 438 g/mol. The molecule has 2 aliphatic rings. The van der Waals surface area contributed by atoms with Crippen molar-refractivity contribution in [3.63, 3.8) is 0 Å². The Bertz CT molecular complexity index is 975. The van der Waals surface area contributed by atoms with Crippen molar-refractivity contribution in [1.82, 2.24) is 4.90 Å². The molecule has 32 heavy (non-hydrogen) atoms. The number of benzene rings is 2. The summed E-state index contributed by atoms with van der Waals surface area (Å²) in [6.45, 7) is 0.798. The fourth-order valence-corrected chi connectivity index (χ4v) is 4.97. The number of rotatable bonds is 5. The van der Waals surface area contributed by atoms with Crippen LogP contribution in [-0.2, 0) is 0 Å². The standard InChI is InChI=1S/C25H31N3O4/c1-31-20-10-5-9-18(15-20)26-25(30)27-19-12-13-21(23(16-19)32-2)24(29)28-14-6-8-17-7-3-4-11-22(17)28/h5,9-10,12-13,15-17,22H,3-4,6-8,11,14H2,1-2H3,(H2,26,27,30)/t17-,22-/m1/s1. The zero-order valence-electron chi connectivity index (χ0n) is 18.7. The molecule has 3 amide bonds. The second-order valence-corrected chi connectivity index (χ2v) is 8.48. The highest BCUT2D eigenvalue weighted by Crippen LogP contribution is 2.37. The molecule has 4 rings (SSSR count). The van der Waals surface area contributed by atoms with E-state index in [4.69, 9.17) is 9.47 Å². The van der Waals surface area contributed by atoms with Crippen LogP contribution in [0.5, 0.6) is 11.5 Å². The second kappa shape index (κ2) is 9.94. The van der Waals surface area contributed by atoms with Gasteiger partial charge >= 0.3 is 6.03 Å². The first-order chi connectivity index (χ1) is 15.6. The van der Waals surface area contributed by atoms with E-state index in [-0.39, 0.29) is 11.9 Å². The van der Waals surface area contributed by atoms with E-state index in [1.54, 1.807) is 50.6 Å². The number of likely N-dealkylation sites (tertiary alicyclic amines) is 1. The lowest BCUT2D eigenvalue weighted by atomic mass is 9.78. The molecule has 1 aliphatic heterocycles. The smallest absolute Gasteiger partial charge is 0.323 e. The Morgan fingerprint density at radius 2 is 1.66 bits per heavy atom. The van der Waals surface area contributed by atoms with E-state index in [9.17, 15) is 9.59 Å². The minimum absolute atomic E-state index is 0.0193. The maximum atomic E-state index is 13.4. The first-order valence-electron chi connectivity index (χ1n) is 11.3. The normalized spacial score (nSPS) is 20.1. The van der Waals surface area contributed by atoms with E-state index in [1.165, 1.54) is 25.7 Å². The van der Waals surface area contributed by atoms with Crippen LogP contribution in [0.4, 0.5) is 16.2 Å². The van der Waals surface area contributed by atoms with Gasteiger partial charge in [0.2, 0.25) is 0 Å². The number of anilines is 2. The predicted molar refractivity (Wildman–Crippen MR) is 125 cm³/mol. The topological polar surface area (TPSA) is 79.9 Å². The molecule has 1 aliphatic carbocycles. The lowest BCUT2D eigenvalue weighted by Gasteiger charge is -2.44. The summed E-state index contributed by atoms with van der Waals surface area (Å²) >= 11 is 0. The second-order valence-electron chi connectivity index (χ2n) is 8.48. The first-order valence-corrected chi connectivity index (χ1v) is 11.3. The molecule has 1 heterocycles. The van der Waals surface area contributed by atoms with Gasteiger partial charge in [-0.25, -0.2) is 4.79 Å². The third-order valence-corrected chi connectivity index (χ3v) is 6.52. The molecule has 2 atom stereocenters. The minimum Gasteiger partial charge on any atom is -0.497 e. The highest BCUT2D eigenvalue weighted by atomic mass is 16.5. The number of hydrogen-bond acceptors (Lipinski definition) is 4. The summed E-state index contributed by atoms with van der Waals surface area (Å²) in [7, 11) is 3.12. The van der Waals surface area contributed by atoms with Crippen molar-refractivity contribution in [2.24, 2.45) is 5.92 Å². The van der Waals surface area contributed by atoms with Crippen LogP contribution in [0.3, 0.4) is 0 Å². The van der Waals surface area contributed by atoms with E-state index in [0.29, 0.717) is 40.4 Å². The SMILES string of the molecule is COc1cccc(NC(=O)Nc2ccc(C(=O)N3CCC[C@H]4CCCC[C@H]43)c(OC)c2)c1. The lowest BCUT2D eigenvalue weighted by Crippen LogP contribution is -2.49. The number of hydrogen-bond donors (Lipinski definition) is 2. The Labute approximate surface area is 189 Å². The van der Waals surface area contributed by atoms with Gasteiger partial charge in [0.15, 0.2) is 0 Å². The largest absolute Gasteiger partial charge is 0.497 e. The van der Waals surface area contributed by atoms with Crippen molar-refractivity contribution in [1.29, 1.82) is 0 Å². The summed E-state index contributed by atoms with van der Waals surface area (Å²) in [6.07, 6.45) is 7.04. The average Bonchev–Trinajstić information content (AvgIpc) is 2.83. The minimum atomic E-state index is -0.388. The zero-order chi connectivity index (χ0) is 22.5. The number of ether oxygens (including phenoxy) is 2. The quantitative estimate of drug-likeness (QED) is 0.679. The van der Waals surface area contributed by atoms with Crippen molar-refractivity contribution >= 4 is 23.3 Å². The zero-order valence-corrected chi connectivity index (χ0v) is 18.7. The molecular weight excluding hydrogens is 406 g/mol. The summed E-state index contributed by atoms with van der Waals surface area (Å²) in [5.41, 5.74) is 1.71. The van der Waals surface area contributed by atoms with E-state index in [0.717, 1.165) is 19.4 Å². The van der Waals surface area contributed by atoms with Gasteiger partial charge < -0.3 is 25.0 Å². The highest BCUT2D eigenvalue weighted by molar-refractivity contribution is 6.01. The van der Waals surface area contributed by atoms with Crippen LogP contribution in [0.2, 0.25) is 0 Å². The van der Waals surface area contributed by atoms with Crippen molar-refractivity contribution in [2.45, 2.75) is 44.6 Å². The molecule has 2 aromatic carbocycles. The molecule has 1 saturated heterocycles. The van der Waals surface area contributed by atoms with Gasteiger partial charge in [0.05, 0.1) is 19.8 Å². The third kappa shape index (κ3) is 4.82. The molecule has 0 bridgehead atoms. The summed E-state index contributed by atoms with van der Waals surface area (Å²) in [4.78, 5) is 27.9. The summed E-state index contributed by atoms with van der Waals surface area (Å²) in [5, 5.41) is 5.57. The number of carbonyl (C=O) groups excluding carboxylic acids is 2. The number of amides is 3. The Balaban J connectivity index is 1.46. The monoisotopic (exact) mass is 437 g/mol. The van der Waals surface area contributed by atoms with Gasteiger partial charge in [0.1, 0.15) is 11.5 Å². The van der Waals surface area contributed by atoms with Crippen molar-refractivity contribution in [3.05, 3.63) is 48.0 Å². The van der Waals surface area contributed by atoms with Gasteiger partial charge in [0.25, 0.3) is 5.91 Å². The molecule has 170 valence electrons. The van der Waals surface area contributed by atoms with Crippen LogP contribution in [0, 0.1) is 5.92 Å². The van der Waals surface area contributed by atoms with Crippen molar-refractivity contribution in [2.75, 3.05) is 31.4 Å². The van der Waals surface area contributed by atoms with Crippen molar-refractivity contribution in [3.8, 4) is 11.5 Å². The number of urea groups is 1. The molecular formula is C25H31N3O4. The molecule has 2 aromatic rings. The Morgan fingerprint density at radius 3 is 2.44 bits per heavy atom. The van der Waals surface area contributed by atoms with Crippen LogP contribution < -0.4 is 20.1 Å². The van der Waals surface area contributed by atoms with Gasteiger partial charge in [-0.2, -0.15) is 0 Å². The van der Waals surface area contributed by atoms with Gasteiger partial charge in [-0.15, -0.1) is 0 Å². The number of fused-ring (bicyclic) bond motifs is 1. The van der Waals surface area contributed by atoms with Crippen LogP contribution in [-0.4, -0.2) is 43.6 Å². The van der Waals surface area contributed by atoms with Crippen LogP contribution in [0.1, 0.15) is 48.9 Å². The maximum Gasteiger partial charge on any atom is 0.323 e. The van der Waals surface area contributed by atoms with E-state index >= 15 is 0 Å². The number of piperidine rings is 1. The predicted octanol–water partition coefficient (Wildman–Crippen LogP) is 5.14. The lowest BCUT2D eigenvalue weighted by molar-refractivity contribution is 0.0388. The molecule has 0 spiro atoms. The van der Waals surface area contributed by atoms with E-state index in [1.807, 2.05) is 11.0 Å². The van der Waals surface area contributed by atoms with E-state index < -0.39 is 0 Å². The molecule has 7 heteroatoms. The fourth-order valence-electron chi connectivity index (χ4n) is 4.97. The molecule has 2 fully saturated rings. The Hall–Kier alpha value is -3.22. The molecule has 0 radical (unpaired) electrons. The highest BCUT2D eigenvalue weighted by Gasteiger charge is 2.36. The number of methoxy groups -OCH3 is 2. The number of nitrogens with one attached hydrogen (secondary N) is 2. The summed E-state index contributed by atoms with van der Waals surface area (Å²) in [5.74, 6) is 1.76.